The van der Waals surface area contributed by atoms with Crippen LogP contribution in [0, 0.1) is 24.7 Å². The van der Waals surface area contributed by atoms with Gasteiger partial charge in [-0.05, 0) is 6.42 Å². The highest BCUT2D eigenvalue weighted by molar-refractivity contribution is 5.93. The summed E-state index contributed by atoms with van der Waals surface area (Å²) in [6.07, 6.45) is 12.1. The van der Waals surface area contributed by atoms with Crippen molar-refractivity contribution in [3.05, 3.63) is 0 Å². The maximum atomic E-state index is 11.5. The number of unbranched alkanes of at least 4 members (excludes halogenated alkanes) is 2. The van der Waals surface area contributed by atoms with E-state index in [2.05, 4.69) is 23.8 Å². The van der Waals surface area contributed by atoms with Crippen LogP contribution in [0.5, 0.6) is 0 Å². The van der Waals surface area contributed by atoms with Gasteiger partial charge >= 0.3 is 5.97 Å². The number of epoxide rings is 1. The van der Waals surface area contributed by atoms with E-state index in [1.807, 2.05) is 0 Å². The van der Waals surface area contributed by atoms with Gasteiger partial charge in [-0.3, -0.25) is 4.99 Å². The number of rotatable bonds is 8. The number of nitrogens with zero attached hydrogens (tertiary/aromatic N) is 1. The van der Waals surface area contributed by atoms with Crippen LogP contribution >= 0.6 is 0 Å². The van der Waals surface area contributed by atoms with Gasteiger partial charge in [0.15, 0.2) is 18.8 Å². The molecular formula is C15H19NO4. The molecule has 0 spiro atoms. The van der Waals surface area contributed by atoms with Gasteiger partial charge in [0, 0.05) is 6.54 Å². The number of ether oxygens (including phenoxy) is 3. The fourth-order valence-electron chi connectivity index (χ4n) is 1.56. The highest BCUT2D eigenvalue weighted by atomic mass is 16.7. The summed E-state index contributed by atoms with van der Waals surface area (Å²) >= 11 is 0. The van der Waals surface area contributed by atoms with Gasteiger partial charge in [0.2, 0.25) is 5.90 Å². The number of aliphatic imine (C=N–C) groups is 1. The smallest absolute Gasteiger partial charge is 0.339 e. The zero-order chi connectivity index (χ0) is 14.8. The lowest BCUT2D eigenvalue weighted by Crippen LogP contribution is -2.21. The average Bonchev–Trinajstić information content (AvgIpc) is 3.24. The quantitative estimate of drug-likeness (QED) is 0.167. The van der Waals surface area contributed by atoms with E-state index in [1.165, 1.54) is 0 Å². The molecule has 0 aromatic carbocycles. The van der Waals surface area contributed by atoms with E-state index in [4.69, 9.17) is 27.1 Å². The number of esters is 1. The lowest BCUT2D eigenvalue weighted by atomic mass is 10.2. The molecule has 1 aliphatic rings. The van der Waals surface area contributed by atoms with Crippen LogP contribution in [0.4, 0.5) is 0 Å². The van der Waals surface area contributed by atoms with Crippen molar-refractivity contribution in [2.75, 3.05) is 19.8 Å². The van der Waals surface area contributed by atoms with Gasteiger partial charge < -0.3 is 14.2 Å². The molecule has 0 aliphatic carbocycles. The first-order valence-electron chi connectivity index (χ1n) is 6.60. The van der Waals surface area contributed by atoms with Crippen molar-refractivity contribution in [2.24, 2.45) is 4.99 Å². The lowest BCUT2D eigenvalue weighted by molar-refractivity contribution is -0.143. The summed E-state index contributed by atoms with van der Waals surface area (Å²) in [5.41, 5.74) is 0. The number of hydrogen-bond acceptors (Lipinski definition) is 5. The van der Waals surface area contributed by atoms with E-state index in [0.29, 0.717) is 12.4 Å². The summed E-state index contributed by atoms with van der Waals surface area (Å²) in [5.74, 6) is 4.44. The Morgan fingerprint density at radius 3 is 2.55 bits per heavy atom. The molecule has 0 aromatic rings. The molecule has 5 heteroatoms. The average molecular weight is 277 g/mol. The first-order valence-corrected chi connectivity index (χ1v) is 6.60. The van der Waals surface area contributed by atoms with Crippen molar-refractivity contribution in [1.82, 2.24) is 0 Å². The second kappa shape index (κ2) is 9.01. The molecular weight excluding hydrogens is 258 g/mol. The van der Waals surface area contributed by atoms with Crippen LogP contribution < -0.4 is 0 Å². The Morgan fingerprint density at radius 1 is 1.20 bits per heavy atom. The van der Waals surface area contributed by atoms with E-state index in [-0.39, 0.29) is 13.2 Å². The molecule has 1 rings (SSSR count). The maximum Gasteiger partial charge on any atom is 0.339 e. The molecule has 1 aliphatic heterocycles. The topological polar surface area (TPSA) is 60.4 Å². The van der Waals surface area contributed by atoms with Gasteiger partial charge in [0.05, 0.1) is 0 Å². The molecule has 0 saturated carbocycles. The van der Waals surface area contributed by atoms with Gasteiger partial charge in [-0.15, -0.1) is 12.8 Å². The SMILES string of the molecule is C#CCOC(=O)C1OC1C(=NCCCCC)OCC#C. The standard InChI is InChI=1S/C15H19NO4/c1-4-7-8-9-16-14(18-10-5-2)12-13(20-12)15(17)19-11-6-3/h2-3,12-13H,4,7-11H2,1H3. The molecule has 0 bridgehead atoms. The van der Waals surface area contributed by atoms with Gasteiger partial charge in [-0.25, -0.2) is 4.79 Å². The van der Waals surface area contributed by atoms with Crippen LogP contribution in [0.2, 0.25) is 0 Å². The largest absolute Gasteiger partial charge is 0.466 e. The molecule has 20 heavy (non-hydrogen) atoms. The number of carbonyl (C=O) groups is 1. The Hall–Kier alpha value is -1.98. The minimum Gasteiger partial charge on any atom is -0.466 e. The van der Waals surface area contributed by atoms with E-state index < -0.39 is 18.2 Å². The predicted molar refractivity (Wildman–Crippen MR) is 75.1 cm³/mol. The molecule has 2 unspecified atom stereocenters. The normalized spacial score (nSPS) is 20.6. The first kappa shape index (κ1) is 16.1. The van der Waals surface area contributed by atoms with Crippen LogP contribution in [0.15, 0.2) is 4.99 Å². The summed E-state index contributed by atoms with van der Waals surface area (Å²) in [7, 11) is 0. The number of hydrogen-bond donors (Lipinski definition) is 0. The molecule has 2 atom stereocenters. The van der Waals surface area contributed by atoms with Crippen LogP contribution in [-0.2, 0) is 19.0 Å². The fraction of sp³-hybridized carbons (Fsp3) is 0.600. The van der Waals surface area contributed by atoms with Crippen LogP contribution in [0.3, 0.4) is 0 Å². The Labute approximate surface area is 119 Å². The summed E-state index contributed by atoms with van der Waals surface area (Å²) in [5, 5.41) is 0. The zero-order valence-corrected chi connectivity index (χ0v) is 11.6. The molecule has 5 nitrogen and oxygen atoms in total. The summed E-state index contributed by atoms with van der Waals surface area (Å²) < 4.78 is 15.3. The predicted octanol–water partition coefficient (Wildman–Crippen LogP) is 1.17. The fourth-order valence-corrected chi connectivity index (χ4v) is 1.56. The third-order valence-electron chi connectivity index (χ3n) is 2.60. The van der Waals surface area contributed by atoms with Gasteiger partial charge in [0.25, 0.3) is 0 Å². The van der Waals surface area contributed by atoms with Crippen molar-refractivity contribution < 1.29 is 19.0 Å². The summed E-state index contributed by atoms with van der Waals surface area (Å²) in [4.78, 5) is 15.8. The molecule has 0 radical (unpaired) electrons. The lowest BCUT2D eigenvalue weighted by Gasteiger charge is -2.04. The first-order chi connectivity index (χ1) is 9.74. The Kier molecular flexibility index (Phi) is 7.24. The van der Waals surface area contributed by atoms with E-state index >= 15 is 0 Å². The van der Waals surface area contributed by atoms with Crippen molar-refractivity contribution in [3.8, 4) is 24.7 Å². The molecule has 1 saturated heterocycles. The highest BCUT2D eigenvalue weighted by Gasteiger charge is 2.51. The van der Waals surface area contributed by atoms with Crippen LogP contribution in [0.1, 0.15) is 26.2 Å². The number of carbonyl (C=O) groups excluding carboxylic acids is 1. The molecule has 1 fully saturated rings. The minimum absolute atomic E-state index is 0.0698. The summed E-state index contributed by atoms with van der Waals surface area (Å²) in [6, 6.07) is 0. The van der Waals surface area contributed by atoms with Gasteiger partial charge in [0.1, 0.15) is 6.61 Å². The van der Waals surface area contributed by atoms with Crippen molar-refractivity contribution in [3.63, 3.8) is 0 Å². The Balaban J connectivity index is 2.47. The number of terminal acetylenes is 2. The van der Waals surface area contributed by atoms with Crippen molar-refractivity contribution >= 4 is 11.9 Å². The molecule has 1 heterocycles. The Bertz CT molecular complexity index is 430. The molecule has 0 aromatic heterocycles. The van der Waals surface area contributed by atoms with E-state index in [9.17, 15) is 4.79 Å². The van der Waals surface area contributed by atoms with E-state index in [1.54, 1.807) is 0 Å². The van der Waals surface area contributed by atoms with Gasteiger partial charge in [-0.1, -0.05) is 31.6 Å². The molecule has 0 amide bonds. The van der Waals surface area contributed by atoms with Crippen molar-refractivity contribution in [1.29, 1.82) is 0 Å². The molecule has 108 valence electrons. The Morgan fingerprint density at radius 2 is 1.90 bits per heavy atom. The minimum atomic E-state index is -0.689. The maximum absolute atomic E-state index is 11.5. The highest BCUT2D eigenvalue weighted by Crippen LogP contribution is 2.25. The van der Waals surface area contributed by atoms with E-state index in [0.717, 1.165) is 19.3 Å². The van der Waals surface area contributed by atoms with Crippen molar-refractivity contribution in [2.45, 2.75) is 38.4 Å². The second-order valence-electron chi connectivity index (χ2n) is 4.21. The monoisotopic (exact) mass is 277 g/mol. The molecule has 0 N–H and O–H groups in total. The second-order valence-corrected chi connectivity index (χ2v) is 4.21. The summed E-state index contributed by atoms with van der Waals surface area (Å²) in [6.45, 7) is 2.76. The third-order valence-corrected chi connectivity index (χ3v) is 2.60. The van der Waals surface area contributed by atoms with Gasteiger partial charge in [-0.2, -0.15) is 0 Å². The third kappa shape index (κ3) is 5.34. The van der Waals surface area contributed by atoms with Crippen LogP contribution in [0.25, 0.3) is 0 Å². The zero-order valence-electron chi connectivity index (χ0n) is 11.6. The van der Waals surface area contributed by atoms with Crippen LogP contribution in [-0.4, -0.2) is 43.8 Å².